The van der Waals surface area contributed by atoms with Gasteiger partial charge in [-0.3, -0.25) is 4.57 Å². The van der Waals surface area contributed by atoms with Crippen LogP contribution in [0.15, 0.2) is 103 Å². The van der Waals surface area contributed by atoms with Crippen molar-refractivity contribution in [3.63, 3.8) is 0 Å². The first-order valence-corrected chi connectivity index (χ1v) is 18.2. The first kappa shape index (κ1) is 33.3. The first-order chi connectivity index (χ1) is 24.2. The molecule has 0 aliphatic heterocycles. The second-order valence-corrected chi connectivity index (χ2v) is 14.2. The maximum Gasteiger partial charge on any atom is 0.137 e. The number of aromatic nitrogens is 4. The van der Waals surface area contributed by atoms with Crippen molar-refractivity contribution in [2.75, 3.05) is 0 Å². The molecular weight excluding hydrogens is 613 g/mol. The normalized spacial score (nSPS) is 12.3. The number of hydrogen-bond acceptors (Lipinski definition) is 3. The fourth-order valence-corrected chi connectivity index (χ4v) is 7.24. The van der Waals surface area contributed by atoms with Gasteiger partial charge in [0.15, 0.2) is 0 Å². The molecule has 1 unspecified atom stereocenters. The van der Waals surface area contributed by atoms with E-state index < -0.39 is 0 Å². The van der Waals surface area contributed by atoms with Crippen LogP contribution in [0.25, 0.3) is 44.4 Å². The van der Waals surface area contributed by atoms with Gasteiger partial charge in [-0.2, -0.15) is 5.10 Å². The zero-order chi connectivity index (χ0) is 34.9. The number of hydrogen-bond donors (Lipinski definition) is 0. The van der Waals surface area contributed by atoms with Gasteiger partial charge in [0.05, 0.1) is 22.4 Å². The number of aryl methyl sites for hydroxylation is 3. The quantitative estimate of drug-likeness (QED) is 0.130. The van der Waals surface area contributed by atoms with E-state index in [1.54, 1.807) is 0 Å². The molecule has 0 spiro atoms. The first-order valence-electron chi connectivity index (χ1n) is 18.2. The fourth-order valence-electron chi connectivity index (χ4n) is 7.24. The molecule has 0 aliphatic rings. The highest BCUT2D eigenvalue weighted by molar-refractivity contribution is 6.09. The molecule has 0 saturated heterocycles. The van der Waals surface area contributed by atoms with Crippen LogP contribution in [-0.2, 0) is 6.42 Å². The Morgan fingerprint density at radius 3 is 2.32 bits per heavy atom. The Morgan fingerprint density at radius 1 is 0.740 bits per heavy atom. The molecule has 3 heterocycles. The van der Waals surface area contributed by atoms with Gasteiger partial charge in [-0.05, 0) is 116 Å². The molecule has 1 atom stereocenters. The van der Waals surface area contributed by atoms with E-state index in [4.69, 9.17) is 14.8 Å². The van der Waals surface area contributed by atoms with E-state index in [9.17, 15) is 0 Å². The van der Waals surface area contributed by atoms with Gasteiger partial charge in [-0.1, -0.05) is 76.9 Å². The zero-order valence-electron chi connectivity index (χ0n) is 30.5. The third-order valence-electron chi connectivity index (χ3n) is 10.3. The number of rotatable bonds is 11. The molecule has 0 saturated carbocycles. The van der Waals surface area contributed by atoms with Gasteiger partial charge in [-0.15, -0.1) is 0 Å². The molecule has 0 radical (unpaired) electrons. The predicted octanol–water partition coefficient (Wildman–Crippen LogP) is 12.2. The maximum atomic E-state index is 6.79. The van der Waals surface area contributed by atoms with Crippen molar-refractivity contribution in [3.05, 3.63) is 131 Å². The molecule has 5 heteroatoms. The van der Waals surface area contributed by atoms with E-state index in [0.717, 1.165) is 58.3 Å². The summed E-state index contributed by atoms with van der Waals surface area (Å²) in [5.41, 5.74) is 11.5. The van der Waals surface area contributed by atoms with Crippen molar-refractivity contribution in [2.45, 2.75) is 80.1 Å². The second kappa shape index (κ2) is 14.0. The monoisotopic (exact) mass is 660 g/mol. The van der Waals surface area contributed by atoms with E-state index >= 15 is 0 Å². The Bertz CT molecular complexity index is 2290. The van der Waals surface area contributed by atoms with Gasteiger partial charge in [0.1, 0.15) is 17.3 Å². The van der Waals surface area contributed by atoms with Crippen LogP contribution in [0.5, 0.6) is 11.5 Å². The SMILES string of the molecule is CCCCCc1cc(Oc2ccc3c4cc(C(C)C(C)C)ccc4n(-c4cc(C)ccn4)c3c2)cc(-n2nc(C)c(-c3ccccc3)c2C)c1. The number of benzene rings is 4. The standard InChI is InChI=1S/C45H48N4O/c1-8-9-11-14-34-24-37(49-33(7)45(32(6)47-49)35-15-12-10-13-16-35)27-39(25-34)50-38-18-19-40-41-26-36(31(5)29(2)3)17-20-42(41)48(43(40)28-38)44-23-30(4)21-22-46-44/h10,12-13,15-29,31H,8-9,11,14H2,1-7H3. The van der Waals surface area contributed by atoms with Crippen molar-refractivity contribution in [1.82, 2.24) is 19.3 Å². The Balaban J connectivity index is 1.34. The minimum atomic E-state index is 0.460. The average Bonchev–Trinajstić information content (AvgIpc) is 3.60. The lowest BCUT2D eigenvalue weighted by Gasteiger charge is -2.16. The average molecular weight is 661 g/mol. The van der Waals surface area contributed by atoms with Gasteiger partial charge in [0.25, 0.3) is 0 Å². The van der Waals surface area contributed by atoms with Crippen LogP contribution in [0.4, 0.5) is 0 Å². The maximum absolute atomic E-state index is 6.79. The molecule has 0 aliphatic carbocycles. The van der Waals surface area contributed by atoms with Gasteiger partial charge < -0.3 is 4.74 Å². The lowest BCUT2D eigenvalue weighted by Crippen LogP contribution is -2.02. The summed E-state index contributed by atoms with van der Waals surface area (Å²) in [5, 5.41) is 7.47. The highest BCUT2D eigenvalue weighted by atomic mass is 16.5. The summed E-state index contributed by atoms with van der Waals surface area (Å²) < 4.78 is 11.1. The van der Waals surface area contributed by atoms with Crippen molar-refractivity contribution in [2.24, 2.45) is 5.92 Å². The summed E-state index contributed by atoms with van der Waals surface area (Å²) in [6.07, 6.45) is 6.41. The number of fused-ring (bicyclic) bond motifs is 3. The zero-order valence-corrected chi connectivity index (χ0v) is 30.5. The van der Waals surface area contributed by atoms with Crippen LogP contribution in [0, 0.1) is 26.7 Å². The van der Waals surface area contributed by atoms with Crippen LogP contribution in [0.1, 0.15) is 81.0 Å². The predicted molar refractivity (Wildman–Crippen MR) is 208 cm³/mol. The molecule has 7 rings (SSSR count). The molecule has 7 aromatic rings. The lowest BCUT2D eigenvalue weighted by atomic mass is 9.89. The Labute approximate surface area is 296 Å². The summed E-state index contributed by atoms with van der Waals surface area (Å²) in [7, 11) is 0. The topological polar surface area (TPSA) is 44.9 Å². The summed E-state index contributed by atoms with van der Waals surface area (Å²) in [6.45, 7) is 15.5. The number of pyridine rings is 1. The summed E-state index contributed by atoms with van der Waals surface area (Å²) in [5.74, 6) is 3.53. The van der Waals surface area contributed by atoms with Crippen LogP contribution in [0.3, 0.4) is 0 Å². The van der Waals surface area contributed by atoms with Gasteiger partial charge in [-0.25, -0.2) is 9.67 Å². The second-order valence-electron chi connectivity index (χ2n) is 14.2. The van der Waals surface area contributed by atoms with Gasteiger partial charge >= 0.3 is 0 Å². The molecule has 0 bridgehead atoms. The van der Waals surface area contributed by atoms with Crippen molar-refractivity contribution in [1.29, 1.82) is 0 Å². The highest BCUT2D eigenvalue weighted by Gasteiger charge is 2.19. The largest absolute Gasteiger partial charge is 0.457 e. The smallest absolute Gasteiger partial charge is 0.137 e. The Kier molecular flexibility index (Phi) is 9.33. The third kappa shape index (κ3) is 6.45. The molecule has 0 fully saturated rings. The van der Waals surface area contributed by atoms with Crippen LogP contribution in [-0.4, -0.2) is 19.3 Å². The Hall–Kier alpha value is -5.16. The molecular formula is C45H48N4O. The van der Waals surface area contributed by atoms with E-state index in [1.165, 1.54) is 51.4 Å². The van der Waals surface area contributed by atoms with E-state index in [0.29, 0.717) is 11.8 Å². The molecule has 0 amide bonds. The number of nitrogens with zero attached hydrogens (tertiary/aromatic N) is 4. The van der Waals surface area contributed by atoms with E-state index in [2.05, 4.69) is 149 Å². The van der Waals surface area contributed by atoms with Crippen LogP contribution in [0.2, 0.25) is 0 Å². The van der Waals surface area contributed by atoms with Crippen LogP contribution >= 0.6 is 0 Å². The fraction of sp³-hybridized carbons (Fsp3) is 0.289. The molecule has 50 heavy (non-hydrogen) atoms. The van der Waals surface area contributed by atoms with E-state index in [1.807, 2.05) is 12.3 Å². The number of ether oxygens (including phenoxy) is 1. The molecule has 4 aromatic carbocycles. The number of unbranched alkanes of at least 4 members (excludes halogenated alkanes) is 2. The molecule has 5 nitrogen and oxygen atoms in total. The summed E-state index contributed by atoms with van der Waals surface area (Å²) in [6, 6.07) is 34.7. The Morgan fingerprint density at radius 2 is 1.56 bits per heavy atom. The minimum Gasteiger partial charge on any atom is -0.457 e. The minimum absolute atomic E-state index is 0.460. The lowest BCUT2D eigenvalue weighted by molar-refractivity contribution is 0.482. The van der Waals surface area contributed by atoms with Crippen molar-refractivity contribution >= 4 is 21.8 Å². The van der Waals surface area contributed by atoms with Crippen molar-refractivity contribution < 1.29 is 4.74 Å². The molecule has 3 aromatic heterocycles. The summed E-state index contributed by atoms with van der Waals surface area (Å²) in [4.78, 5) is 4.83. The van der Waals surface area contributed by atoms with E-state index in [-0.39, 0.29) is 0 Å². The van der Waals surface area contributed by atoms with Crippen molar-refractivity contribution in [3.8, 4) is 34.1 Å². The molecule has 0 N–H and O–H groups in total. The van der Waals surface area contributed by atoms with Crippen LogP contribution < -0.4 is 4.74 Å². The molecule has 254 valence electrons. The third-order valence-corrected chi connectivity index (χ3v) is 10.3. The summed E-state index contributed by atoms with van der Waals surface area (Å²) >= 11 is 0. The van der Waals surface area contributed by atoms with Gasteiger partial charge in [0, 0.05) is 40.4 Å². The van der Waals surface area contributed by atoms with Gasteiger partial charge in [0.2, 0.25) is 0 Å². The highest BCUT2D eigenvalue weighted by Crippen LogP contribution is 2.38.